The van der Waals surface area contributed by atoms with Gasteiger partial charge < -0.3 is 19.9 Å². The lowest BCUT2D eigenvalue weighted by Crippen LogP contribution is -2.46. The molecule has 0 bridgehead atoms. The van der Waals surface area contributed by atoms with Crippen LogP contribution in [0.2, 0.25) is 0 Å². The topological polar surface area (TPSA) is 84.9 Å². The maximum Gasteiger partial charge on any atom is 0.306 e. The van der Waals surface area contributed by atoms with Crippen molar-refractivity contribution in [1.82, 2.24) is 5.32 Å². The lowest BCUT2D eigenvalue weighted by molar-refractivity contribution is -0.146. The Balaban J connectivity index is 1.47. The predicted molar refractivity (Wildman–Crippen MR) is 66.7 cm³/mol. The standard InChI is InChI=1S/C13H21NO5/c15-12(14-10-6-9(7-10)13(16)17)3-5-18-8-11-2-1-4-19-11/h9-11H,1-8H2,(H,14,15)(H,16,17). The number of rotatable bonds is 7. The summed E-state index contributed by atoms with van der Waals surface area (Å²) in [6.07, 6.45) is 3.70. The van der Waals surface area contributed by atoms with E-state index in [-0.39, 0.29) is 24.0 Å². The van der Waals surface area contributed by atoms with Crippen molar-refractivity contribution >= 4 is 11.9 Å². The number of amides is 1. The van der Waals surface area contributed by atoms with E-state index in [1.165, 1.54) is 0 Å². The van der Waals surface area contributed by atoms with Crippen molar-refractivity contribution in [2.24, 2.45) is 5.92 Å². The van der Waals surface area contributed by atoms with Gasteiger partial charge in [-0.15, -0.1) is 0 Å². The van der Waals surface area contributed by atoms with E-state index in [1.807, 2.05) is 0 Å². The van der Waals surface area contributed by atoms with Crippen molar-refractivity contribution in [1.29, 1.82) is 0 Å². The fourth-order valence-electron chi connectivity index (χ4n) is 2.39. The molecule has 1 atom stereocenters. The van der Waals surface area contributed by atoms with Crippen molar-refractivity contribution in [2.75, 3.05) is 19.8 Å². The molecule has 1 aliphatic carbocycles. The van der Waals surface area contributed by atoms with Gasteiger partial charge in [0.2, 0.25) is 5.91 Å². The van der Waals surface area contributed by atoms with E-state index in [9.17, 15) is 9.59 Å². The van der Waals surface area contributed by atoms with Crippen LogP contribution in [-0.2, 0) is 19.1 Å². The number of nitrogens with one attached hydrogen (secondary N) is 1. The fourth-order valence-corrected chi connectivity index (χ4v) is 2.39. The monoisotopic (exact) mass is 271 g/mol. The predicted octanol–water partition coefficient (Wildman–Crippen LogP) is 0.552. The number of aliphatic carboxylic acids is 1. The van der Waals surface area contributed by atoms with E-state index in [4.69, 9.17) is 14.6 Å². The molecular weight excluding hydrogens is 250 g/mol. The van der Waals surface area contributed by atoms with Crippen LogP contribution in [0, 0.1) is 5.92 Å². The molecule has 0 aromatic rings. The first kappa shape index (κ1) is 14.3. The third-order valence-corrected chi connectivity index (χ3v) is 3.65. The van der Waals surface area contributed by atoms with Gasteiger partial charge in [0, 0.05) is 19.1 Å². The third kappa shape index (κ3) is 4.47. The molecule has 2 aliphatic rings. The van der Waals surface area contributed by atoms with Crippen LogP contribution in [0.15, 0.2) is 0 Å². The molecule has 6 nitrogen and oxygen atoms in total. The summed E-state index contributed by atoms with van der Waals surface area (Å²) in [6.45, 7) is 1.75. The summed E-state index contributed by atoms with van der Waals surface area (Å²) in [6, 6.07) is 0.0202. The minimum Gasteiger partial charge on any atom is -0.481 e. The average molecular weight is 271 g/mol. The maximum atomic E-state index is 11.5. The first-order chi connectivity index (χ1) is 9.15. The summed E-state index contributed by atoms with van der Waals surface area (Å²) in [7, 11) is 0. The number of carboxylic acids is 1. The molecule has 108 valence electrons. The van der Waals surface area contributed by atoms with E-state index < -0.39 is 5.97 Å². The zero-order chi connectivity index (χ0) is 13.7. The molecule has 1 heterocycles. The van der Waals surface area contributed by atoms with E-state index in [2.05, 4.69) is 5.32 Å². The zero-order valence-electron chi connectivity index (χ0n) is 11.0. The molecule has 1 amide bonds. The molecule has 0 aromatic heterocycles. The maximum absolute atomic E-state index is 11.5. The van der Waals surface area contributed by atoms with E-state index in [0.717, 1.165) is 19.4 Å². The van der Waals surface area contributed by atoms with Crippen molar-refractivity contribution in [3.8, 4) is 0 Å². The first-order valence-corrected chi connectivity index (χ1v) is 6.86. The second-order valence-corrected chi connectivity index (χ2v) is 5.23. The molecule has 2 rings (SSSR count). The van der Waals surface area contributed by atoms with E-state index in [0.29, 0.717) is 32.5 Å². The molecule has 6 heteroatoms. The molecule has 0 aromatic carbocycles. The van der Waals surface area contributed by atoms with Crippen LogP contribution >= 0.6 is 0 Å². The highest BCUT2D eigenvalue weighted by atomic mass is 16.5. The molecular formula is C13H21NO5. The molecule has 19 heavy (non-hydrogen) atoms. The fraction of sp³-hybridized carbons (Fsp3) is 0.846. The highest BCUT2D eigenvalue weighted by Crippen LogP contribution is 2.27. The second kappa shape index (κ2) is 6.86. The van der Waals surface area contributed by atoms with Crippen LogP contribution < -0.4 is 5.32 Å². The van der Waals surface area contributed by atoms with Gasteiger partial charge >= 0.3 is 5.97 Å². The minimum atomic E-state index is -0.773. The molecule has 0 spiro atoms. The molecule has 0 radical (unpaired) electrons. The second-order valence-electron chi connectivity index (χ2n) is 5.23. The Morgan fingerprint density at radius 3 is 2.79 bits per heavy atom. The van der Waals surface area contributed by atoms with Crippen molar-refractivity contribution in [3.63, 3.8) is 0 Å². The Hall–Kier alpha value is -1.14. The summed E-state index contributed by atoms with van der Waals surface area (Å²) in [4.78, 5) is 22.2. The smallest absolute Gasteiger partial charge is 0.306 e. The number of hydrogen-bond acceptors (Lipinski definition) is 4. The van der Waals surface area contributed by atoms with Gasteiger partial charge in [0.15, 0.2) is 0 Å². The first-order valence-electron chi connectivity index (χ1n) is 6.86. The molecule has 2 fully saturated rings. The number of hydrogen-bond donors (Lipinski definition) is 2. The van der Waals surface area contributed by atoms with Gasteiger partial charge in [0.05, 0.1) is 25.2 Å². The quantitative estimate of drug-likeness (QED) is 0.661. The van der Waals surface area contributed by atoms with Crippen LogP contribution in [0.3, 0.4) is 0 Å². The summed E-state index contributed by atoms with van der Waals surface area (Å²) in [5.74, 6) is -1.13. The zero-order valence-corrected chi connectivity index (χ0v) is 11.0. The molecule has 1 saturated heterocycles. The van der Waals surface area contributed by atoms with Gasteiger partial charge in [-0.2, -0.15) is 0 Å². The van der Waals surface area contributed by atoms with Gasteiger partial charge in [-0.25, -0.2) is 0 Å². The Labute approximate surface area is 112 Å². The molecule has 1 unspecified atom stereocenters. The summed E-state index contributed by atoms with van der Waals surface area (Å²) in [5, 5.41) is 11.5. The molecule has 1 aliphatic heterocycles. The SMILES string of the molecule is O=C(CCOCC1CCCO1)NC1CC(C(=O)O)C1. The lowest BCUT2D eigenvalue weighted by atomic mass is 9.80. The number of carbonyl (C=O) groups excluding carboxylic acids is 1. The van der Waals surface area contributed by atoms with Gasteiger partial charge in [0.1, 0.15) is 0 Å². The van der Waals surface area contributed by atoms with Crippen LogP contribution in [0.25, 0.3) is 0 Å². The van der Waals surface area contributed by atoms with Crippen molar-refractivity contribution < 1.29 is 24.2 Å². The summed E-state index contributed by atoms with van der Waals surface area (Å²) >= 11 is 0. The Kier molecular flexibility index (Phi) is 5.15. The Morgan fingerprint density at radius 2 is 2.16 bits per heavy atom. The highest BCUT2D eigenvalue weighted by molar-refractivity contribution is 5.77. The highest BCUT2D eigenvalue weighted by Gasteiger charge is 2.35. The van der Waals surface area contributed by atoms with Gasteiger partial charge in [-0.1, -0.05) is 0 Å². The lowest BCUT2D eigenvalue weighted by Gasteiger charge is -2.32. The van der Waals surface area contributed by atoms with Crippen LogP contribution in [-0.4, -0.2) is 48.9 Å². The normalized spacial score (nSPS) is 29.8. The van der Waals surface area contributed by atoms with E-state index >= 15 is 0 Å². The Bertz CT molecular complexity index is 321. The van der Waals surface area contributed by atoms with Gasteiger partial charge in [0.25, 0.3) is 0 Å². The Morgan fingerprint density at radius 1 is 1.37 bits per heavy atom. The van der Waals surface area contributed by atoms with E-state index in [1.54, 1.807) is 0 Å². The summed E-state index contributed by atoms with van der Waals surface area (Å²) in [5.41, 5.74) is 0. The minimum absolute atomic E-state index is 0.0202. The van der Waals surface area contributed by atoms with Crippen LogP contribution in [0.5, 0.6) is 0 Å². The average Bonchev–Trinajstić information content (AvgIpc) is 2.81. The number of carboxylic acid groups (broad SMARTS) is 1. The van der Waals surface area contributed by atoms with Gasteiger partial charge in [-0.3, -0.25) is 9.59 Å². The third-order valence-electron chi connectivity index (χ3n) is 3.65. The summed E-state index contributed by atoms with van der Waals surface area (Å²) < 4.78 is 10.8. The largest absolute Gasteiger partial charge is 0.481 e. The molecule has 1 saturated carbocycles. The van der Waals surface area contributed by atoms with Crippen LogP contribution in [0.4, 0.5) is 0 Å². The van der Waals surface area contributed by atoms with Crippen LogP contribution in [0.1, 0.15) is 32.1 Å². The van der Waals surface area contributed by atoms with Crippen molar-refractivity contribution in [2.45, 2.75) is 44.2 Å². The molecule has 2 N–H and O–H groups in total. The number of ether oxygens (including phenoxy) is 2. The number of carbonyl (C=O) groups is 2. The van der Waals surface area contributed by atoms with Gasteiger partial charge in [-0.05, 0) is 25.7 Å². The van der Waals surface area contributed by atoms with Crippen molar-refractivity contribution in [3.05, 3.63) is 0 Å².